The maximum atomic E-state index is 14.2. The van der Waals surface area contributed by atoms with Crippen LogP contribution in [-0.4, -0.2) is 57.9 Å². The van der Waals surface area contributed by atoms with Crippen LogP contribution in [0, 0.1) is 29.1 Å². The minimum Gasteiger partial charge on any atom is -0.505 e. The average molecular weight is 1670 g/mol. The fourth-order valence-corrected chi connectivity index (χ4v) is 15.7. The lowest BCUT2D eigenvalue weighted by Crippen LogP contribution is -2.23. The molecule has 0 spiro atoms. The lowest BCUT2D eigenvalue weighted by Gasteiger charge is -2.15. The SMILES string of the molecule is COc1ccc(Sc2c(O)c3c(=O)n(Cc4ccc(F)cc4)c4cc(S(C)(=O)=O)ccc4c3oc2=O)cc1.COc1ccccc1Sc1c(O)c2c(=O)n(Cc3ccc(F)cc3)c3cc(Br)ccc3c2oc1=O.O=c1oc2c(c(O)c1Sc1ccc(F)cc1F)c(=O)n(Cc1ccc(F)cc1)c1cc(Br)ccc21. The van der Waals surface area contributed by atoms with Gasteiger partial charge in [0.15, 0.2) is 43.8 Å². The van der Waals surface area contributed by atoms with Gasteiger partial charge in [0.25, 0.3) is 16.7 Å². The molecule has 0 saturated heterocycles. The highest BCUT2D eigenvalue weighted by Gasteiger charge is 2.28. The van der Waals surface area contributed by atoms with Gasteiger partial charge < -0.3 is 51.7 Å². The van der Waals surface area contributed by atoms with Crippen molar-refractivity contribution in [2.24, 2.45) is 0 Å². The molecule has 0 unspecified atom stereocenters. The molecular formula is C78H50Br2F5N3O16S4. The van der Waals surface area contributed by atoms with Gasteiger partial charge in [0, 0.05) is 47.2 Å². The van der Waals surface area contributed by atoms with E-state index in [0.29, 0.717) is 86.6 Å². The van der Waals surface area contributed by atoms with Gasteiger partial charge in [-0.3, -0.25) is 14.4 Å². The highest BCUT2D eigenvalue weighted by molar-refractivity contribution is 9.10. The second-order valence-corrected chi connectivity index (χ2v) is 30.9. The Morgan fingerprint density at radius 1 is 0.426 bits per heavy atom. The number of benzene rings is 9. The molecule has 0 fully saturated rings. The van der Waals surface area contributed by atoms with Crippen molar-refractivity contribution >= 4 is 143 Å². The number of halogens is 7. The first kappa shape index (κ1) is 75.1. The molecule has 6 aromatic heterocycles. The molecule has 0 aliphatic rings. The standard InChI is InChI=1S/C27H20FNO7S2.C26H17BrFNO5S.C25H13BrF3NO4S/c1-35-17-7-9-18(10-8-17)37-25-23(30)22-24(36-27(25)32)20-12-11-19(38(2,33)34)13-21(20)29(26(22)31)14-15-3-5-16(28)6-4-15;1-33-19-4-2-3-5-20(19)35-24-22(30)21-23(34-26(24)32)17-11-8-15(27)12-18(17)29(25(21)31)13-14-6-9-16(28)10-7-14;26-13-3-7-16-18(9-13)30(11-12-1-4-14(27)5-2-12)24(32)20-21(31)23(25(33)34-22(16)20)35-19-8-6-15(28)10-17(19)29/h3-13,30H,14H2,1-2H3;2-12,30H,13H2,1H3;1-10,31H,11H2. The molecule has 0 atom stereocenters. The van der Waals surface area contributed by atoms with Gasteiger partial charge in [0.05, 0.1) is 60.2 Å². The van der Waals surface area contributed by atoms with Crippen LogP contribution < -0.4 is 43.0 Å². The summed E-state index contributed by atoms with van der Waals surface area (Å²) < 4.78 is 125. The minimum absolute atomic E-state index is 0.000247. The summed E-state index contributed by atoms with van der Waals surface area (Å²) in [4.78, 5) is 80.0. The maximum Gasteiger partial charge on any atom is 0.354 e. The van der Waals surface area contributed by atoms with Gasteiger partial charge >= 0.3 is 16.9 Å². The normalized spacial score (nSPS) is 11.5. The Morgan fingerprint density at radius 2 is 0.806 bits per heavy atom. The maximum absolute atomic E-state index is 14.2. The zero-order valence-corrected chi connectivity index (χ0v) is 62.3. The van der Waals surface area contributed by atoms with Gasteiger partial charge in [-0.05, 0) is 156 Å². The van der Waals surface area contributed by atoms with Crippen molar-refractivity contribution < 1.29 is 68.4 Å². The van der Waals surface area contributed by atoms with Crippen LogP contribution >= 0.6 is 67.1 Å². The number of para-hydroxylation sites is 1. The van der Waals surface area contributed by atoms with E-state index in [2.05, 4.69) is 31.9 Å². The van der Waals surface area contributed by atoms with E-state index >= 15 is 0 Å². The van der Waals surface area contributed by atoms with E-state index in [-0.39, 0.29) is 88.8 Å². The highest BCUT2D eigenvalue weighted by Crippen LogP contribution is 2.43. The fourth-order valence-electron chi connectivity index (χ4n) is 11.7. The quantitative estimate of drug-likeness (QED) is 0.0636. The zero-order chi connectivity index (χ0) is 76.7. The van der Waals surface area contributed by atoms with Crippen LogP contribution in [0.3, 0.4) is 0 Å². The van der Waals surface area contributed by atoms with Crippen LogP contribution in [0.4, 0.5) is 22.0 Å². The van der Waals surface area contributed by atoms with Crippen LogP contribution in [0.25, 0.3) is 65.6 Å². The molecular weight excluding hydrogens is 1620 g/mol. The first-order valence-electron chi connectivity index (χ1n) is 31.8. The van der Waals surface area contributed by atoms with Crippen molar-refractivity contribution in [2.45, 2.75) is 53.9 Å². The molecule has 30 heteroatoms. The Labute approximate surface area is 634 Å². The Balaban J connectivity index is 0.000000143. The molecule has 0 aliphatic carbocycles. The lowest BCUT2D eigenvalue weighted by atomic mass is 10.1. The summed E-state index contributed by atoms with van der Waals surface area (Å²) in [5, 5.41) is 33.9. The molecule has 15 rings (SSSR count). The number of aromatic nitrogens is 3. The van der Waals surface area contributed by atoms with Gasteiger partial charge in [0.1, 0.15) is 71.4 Å². The summed E-state index contributed by atoms with van der Waals surface area (Å²) in [5.74, 6) is -3.59. The summed E-state index contributed by atoms with van der Waals surface area (Å²) in [5.41, 5.74) is -1.88. The first-order valence-corrected chi connectivity index (χ1v) is 37.7. The molecule has 0 amide bonds. The largest absolute Gasteiger partial charge is 0.505 e. The van der Waals surface area contributed by atoms with E-state index in [0.717, 1.165) is 41.9 Å². The molecule has 0 bridgehead atoms. The van der Waals surface area contributed by atoms with Gasteiger partial charge in [-0.2, -0.15) is 0 Å². The smallest absolute Gasteiger partial charge is 0.354 e. The third-order valence-corrected chi connectivity index (χ3v) is 22.3. The van der Waals surface area contributed by atoms with Crippen molar-refractivity contribution in [3.63, 3.8) is 0 Å². The van der Waals surface area contributed by atoms with E-state index < -0.39 is 88.8 Å². The van der Waals surface area contributed by atoms with E-state index in [1.54, 1.807) is 97.1 Å². The molecule has 108 heavy (non-hydrogen) atoms. The van der Waals surface area contributed by atoms with Gasteiger partial charge in [-0.15, -0.1) is 0 Å². The summed E-state index contributed by atoms with van der Waals surface area (Å²) in [6, 6.07) is 47.6. The van der Waals surface area contributed by atoms with Gasteiger partial charge in [-0.25, -0.2) is 44.8 Å². The predicted octanol–water partition coefficient (Wildman–Crippen LogP) is 16.7. The molecule has 0 radical (unpaired) electrons. The number of aromatic hydroxyl groups is 3. The van der Waals surface area contributed by atoms with Crippen molar-refractivity contribution in [1.29, 1.82) is 0 Å². The number of ether oxygens (including phenoxy) is 2. The molecule has 15 aromatic rings. The van der Waals surface area contributed by atoms with Crippen LogP contribution in [0.1, 0.15) is 16.7 Å². The molecule has 546 valence electrons. The molecule has 19 nitrogen and oxygen atoms in total. The molecule has 3 N–H and O–H groups in total. The summed E-state index contributed by atoms with van der Waals surface area (Å²) in [7, 11) is -0.617. The Hall–Kier alpha value is -11.2. The highest BCUT2D eigenvalue weighted by atomic mass is 79.9. The van der Waals surface area contributed by atoms with Crippen LogP contribution in [0.15, 0.2) is 279 Å². The number of methoxy groups -OCH3 is 2. The van der Waals surface area contributed by atoms with Crippen LogP contribution in [0.2, 0.25) is 0 Å². The van der Waals surface area contributed by atoms with E-state index in [9.17, 15) is 74.5 Å². The average Bonchev–Trinajstić information content (AvgIpc) is 0.743. The number of hydrogen-bond acceptors (Lipinski definition) is 19. The number of fused-ring (bicyclic) bond motifs is 9. The van der Waals surface area contributed by atoms with Crippen LogP contribution in [0.5, 0.6) is 28.7 Å². The monoisotopic (exact) mass is 1670 g/mol. The van der Waals surface area contributed by atoms with Crippen molar-refractivity contribution in [1.82, 2.24) is 13.7 Å². The second-order valence-electron chi connectivity index (χ2n) is 23.8. The number of nitrogens with zero attached hydrogens (tertiary/aromatic N) is 3. The number of sulfone groups is 1. The summed E-state index contributed by atoms with van der Waals surface area (Å²) in [6.07, 6.45) is 1.03. The third kappa shape index (κ3) is 15.3. The molecule has 0 saturated carbocycles. The minimum atomic E-state index is -3.64. The predicted molar refractivity (Wildman–Crippen MR) is 407 cm³/mol. The fraction of sp³-hybridized carbons (Fsp3) is 0.0769. The third-order valence-electron chi connectivity index (χ3n) is 16.9. The number of pyridine rings is 3. The van der Waals surface area contributed by atoms with E-state index in [1.165, 1.54) is 107 Å². The zero-order valence-electron chi connectivity index (χ0n) is 55.9. The van der Waals surface area contributed by atoms with E-state index in [1.807, 2.05) is 0 Å². The summed E-state index contributed by atoms with van der Waals surface area (Å²) in [6.45, 7) is 0.101. The number of hydrogen-bond donors (Lipinski definition) is 3. The summed E-state index contributed by atoms with van der Waals surface area (Å²) >= 11 is 9.19. The van der Waals surface area contributed by atoms with Crippen molar-refractivity contribution in [3.8, 4) is 28.7 Å². The molecule has 9 aromatic carbocycles. The van der Waals surface area contributed by atoms with Gasteiger partial charge in [-0.1, -0.05) is 116 Å². The van der Waals surface area contributed by atoms with E-state index in [4.69, 9.17) is 22.7 Å². The number of rotatable bonds is 15. The Morgan fingerprint density at radius 3 is 1.20 bits per heavy atom. The first-order chi connectivity index (χ1) is 51.7. The lowest BCUT2D eigenvalue weighted by molar-refractivity contribution is 0.404. The van der Waals surface area contributed by atoms with Crippen molar-refractivity contribution in [3.05, 3.63) is 311 Å². The Bertz CT molecular complexity index is 6660. The molecule has 6 heterocycles. The molecule has 0 aliphatic heterocycles. The van der Waals surface area contributed by atoms with Crippen molar-refractivity contribution in [2.75, 3.05) is 20.5 Å². The topological polar surface area (TPSA) is 270 Å². The second kappa shape index (κ2) is 31.0. The Kier molecular flexibility index (Phi) is 21.5. The van der Waals surface area contributed by atoms with Crippen LogP contribution in [-0.2, 0) is 29.5 Å². The van der Waals surface area contributed by atoms with Gasteiger partial charge in [0.2, 0.25) is 0 Å².